The number of rotatable bonds is 4. The molecule has 0 aliphatic heterocycles. The van der Waals surface area contributed by atoms with Gasteiger partial charge < -0.3 is 20.8 Å². The molecule has 0 saturated carbocycles. The Hall–Kier alpha value is -1.66. The standard InChI is InChI=1S/C10H13FN2O3/c11-7-1-3-8(4-2-7)13-10(16)12-5-9(15)6-14/h1-4,9,14-15H,5-6H2,(H2,12,13,16)/t9-/m0/s1. The second-order valence-corrected chi connectivity index (χ2v) is 3.18. The molecule has 1 rings (SSSR count). The molecular weight excluding hydrogens is 215 g/mol. The molecule has 0 spiro atoms. The van der Waals surface area contributed by atoms with Crippen LogP contribution in [0.25, 0.3) is 0 Å². The molecule has 0 heterocycles. The highest BCUT2D eigenvalue weighted by Gasteiger charge is 2.05. The first-order chi connectivity index (χ1) is 7.61. The first-order valence-electron chi connectivity index (χ1n) is 4.71. The number of hydrogen-bond acceptors (Lipinski definition) is 3. The van der Waals surface area contributed by atoms with Crippen molar-refractivity contribution in [2.24, 2.45) is 0 Å². The Balaban J connectivity index is 2.37. The highest BCUT2D eigenvalue weighted by Crippen LogP contribution is 2.07. The molecule has 1 atom stereocenters. The molecule has 5 nitrogen and oxygen atoms in total. The van der Waals surface area contributed by atoms with Crippen molar-refractivity contribution in [1.82, 2.24) is 5.32 Å². The number of carbonyl (C=O) groups is 1. The van der Waals surface area contributed by atoms with Crippen LogP contribution >= 0.6 is 0 Å². The Labute approximate surface area is 91.9 Å². The lowest BCUT2D eigenvalue weighted by Gasteiger charge is -2.10. The number of aliphatic hydroxyl groups is 2. The smallest absolute Gasteiger partial charge is 0.319 e. The predicted molar refractivity (Wildman–Crippen MR) is 56.5 cm³/mol. The van der Waals surface area contributed by atoms with Gasteiger partial charge in [0.2, 0.25) is 0 Å². The van der Waals surface area contributed by atoms with Gasteiger partial charge in [0.25, 0.3) is 0 Å². The molecule has 0 radical (unpaired) electrons. The van der Waals surface area contributed by atoms with Crippen molar-refractivity contribution in [2.45, 2.75) is 6.10 Å². The number of amides is 2. The molecule has 6 heteroatoms. The van der Waals surface area contributed by atoms with Crippen LogP contribution in [0.4, 0.5) is 14.9 Å². The summed E-state index contributed by atoms with van der Waals surface area (Å²) in [5.74, 6) is -0.387. The van der Waals surface area contributed by atoms with Crippen LogP contribution in [0.5, 0.6) is 0 Å². The molecule has 88 valence electrons. The topological polar surface area (TPSA) is 81.6 Å². The van der Waals surface area contributed by atoms with Gasteiger partial charge in [0.15, 0.2) is 0 Å². The Morgan fingerprint density at radius 3 is 2.56 bits per heavy atom. The zero-order valence-corrected chi connectivity index (χ0v) is 8.48. The maximum atomic E-state index is 12.5. The van der Waals surface area contributed by atoms with Crippen molar-refractivity contribution in [3.05, 3.63) is 30.1 Å². The third kappa shape index (κ3) is 4.24. The second-order valence-electron chi connectivity index (χ2n) is 3.18. The van der Waals surface area contributed by atoms with E-state index < -0.39 is 18.7 Å². The number of anilines is 1. The molecule has 0 aliphatic rings. The van der Waals surface area contributed by atoms with Gasteiger partial charge in [-0.3, -0.25) is 0 Å². The summed E-state index contributed by atoms with van der Waals surface area (Å²) in [5.41, 5.74) is 0.442. The quantitative estimate of drug-likeness (QED) is 0.598. The number of hydrogen-bond donors (Lipinski definition) is 4. The molecule has 0 unspecified atom stereocenters. The van der Waals surface area contributed by atoms with Crippen molar-refractivity contribution in [3.8, 4) is 0 Å². The van der Waals surface area contributed by atoms with Gasteiger partial charge in [-0.25, -0.2) is 9.18 Å². The Kier molecular flexibility index (Phi) is 4.68. The summed E-state index contributed by atoms with van der Waals surface area (Å²) in [7, 11) is 0. The van der Waals surface area contributed by atoms with Gasteiger partial charge in [-0.1, -0.05) is 0 Å². The molecule has 16 heavy (non-hydrogen) atoms. The van der Waals surface area contributed by atoms with E-state index in [1.54, 1.807) is 0 Å². The largest absolute Gasteiger partial charge is 0.394 e. The molecular formula is C10H13FN2O3. The summed E-state index contributed by atoms with van der Waals surface area (Å²) in [4.78, 5) is 11.2. The van der Waals surface area contributed by atoms with Crippen molar-refractivity contribution >= 4 is 11.7 Å². The van der Waals surface area contributed by atoms with E-state index in [0.717, 1.165) is 0 Å². The van der Waals surface area contributed by atoms with Gasteiger partial charge in [-0.2, -0.15) is 0 Å². The Bertz CT molecular complexity index is 342. The van der Waals surface area contributed by atoms with E-state index in [9.17, 15) is 9.18 Å². The maximum absolute atomic E-state index is 12.5. The van der Waals surface area contributed by atoms with Crippen LogP contribution in [0.2, 0.25) is 0 Å². The summed E-state index contributed by atoms with van der Waals surface area (Å²) in [6.07, 6.45) is -0.987. The lowest BCUT2D eigenvalue weighted by molar-refractivity contribution is 0.0965. The van der Waals surface area contributed by atoms with Gasteiger partial charge in [-0.05, 0) is 24.3 Å². The highest BCUT2D eigenvalue weighted by molar-refractivity contribution is 5.89. The molecule has 2 amide bonds. The molecule has 0 bridgehead atoms. The van der Waals surface area contributed by atoms with Crippen LogP contribution in [-0.2, 0) is 0 Å². The van der Waals surface area contributed by atoms with E-state index >= 15 is 0 Å². The minimum Gasteiger partial charge on any atom is -0.394 e. The van der Waals surface area contributed by atoms with Crippen LogP contribution in [0, 0.1) is 5.82 Å². The number of aliphatic hydroxyl groups excluding tert-OH is 2. The fraction of sp³-hybridized carbons (Fsp3) is 0.300. The van der Waals surface area contributed by atoms with Crippen LogP contribution < -0.4 is 10.6 Å². The molecule has 0 aliphatic carbocycles. The molecule has 0 fully saturated rings. The average molecular weight is 228 g/mol. The number of benzene rings is 1. The minimum absolute atomic E-state index is 0.0521. The molecule has 1 aromatic carbocycles. The van der Waals surface area contributed by atoms with Crippen molar-refractivity contribution in [2.75, 3.05) is 18.5 Å². The number of halogens is 1. The first-order valence-corrected chi connectivity index (χ1v) is 4.71. The van der Waals surface area contributed by atoms with Crippen LogP contribution in [0.15, 0.2) is 24.3 Å². The summed E-state index contributed by atoms with van der Waals surface area (Å²) in [5, 5.41) is 22.3. The van der Waals surface area contributed by atoms with E-state index in [0.29, 0.717) is 5.69 Å². The highest BCUT2D eigenvalue weighted by atomic mass is 19.1. The monoisotopic (exact) mass is 228 g/mol. The fourth-order valence-electron chi connectivity index (χ4n) is 0.984. The van der Waals surface area contributed by atoms with E-state index in [1.165, 1.54) is 24.3 Å². The number of nitrogens with one attached hydrogen (secondary N) is 2. The summed E-state index contributed by atoms with van der Waals surface area (Å²) < 4.78 is 12.5. The van der Waals surface area contributed by atoms with E-state index in [-0.39, 0.29) is 12.4 Å². The van der Waals surface area contributed by atoms with Crippen LogP contribution in [-0.4, -0.2) is 35.5 Å². The van der Waals surface area contributed by atoms with Crippen molar-refractivity contribution in [3.63, 3.8) is 0 Å². The summed E-state index contributed by atoms with van der Waals surface area (Å²) in [6, 6.07) is 4.74. The van der Waals surface area contributed by atoms with Crippen molar-refractivity contribution in [1.29, 1.82) is 0 Å². The maximum Gasteiger partial charge on any atom is 0.319 e. The average Bonchev–Trinajstić information content (AvgIpc) is 2.29. The Morgan fingerprint density at radius 1 is 1.38 bits per heavy atom. The lowest BCUT2D eigenvalue weighted by Crippen LogP contribution is -2.36. The third-order valence-electron chi connectivity index (χ3n) is 1.81. The second kappa shape index (κ2) is 6.04. The molecule has 0 aromatic heterocycles. The number of urea groups is 1. The zero-order chi connectivity index (χ0) is 12.0. The minimum atomic E-state index is -0.987. The van der Waals surface area contributed by atoms with E-state index in [2.05, 4.69) is 10.6 Å². The van der Waals surface area contributed by atoms with E-state index in [1.807, 2.05) is 0 Å². The van der Waals surface area contributed by atoms with Gasteiger partial charge in [0.1, 0.15) is 5.82 Å². The van der Waals surface area contributed by atoms with Gasteiger partial charge in [0, 0.05) is 12.2 Å². The normalized spacial score (nSPS) is 11.9. The van der Waals surface area contributed by atoms with Gasteiger partial charge in [0.05, 0.1) is 12.7 Å². The summed E-state index contributed by atoms with van der Waals surface area (Å²) in [6.45, 7) is -0.472. The lowest BCUT2D eigenvalue weighted by atomic mass is 10.3. The Morgan fingerprint density at radius 2 is 2.00 bits per heavy atom. The number of carbonyl (C=O) groups excluding carboxylic acids is 1. The fourth-order valence-corrected chi connectivity index (χ4v) is 0.984. The van der Waals surface area contributed by atoms with Crippen LogP contribution in [0.3, 0.4) is 0 Å². The van der Waals surface area contributed by atoms with E-state index in [4.69, 9.17) is 10.2 Å². The first kappa shape index (κ1) is 12.4. The predicted octanol–water partition coefficient (Wildman–Crippen LogP) is 0.300. The molecule has 4 N–H and O–H groups in total. The van der Waals surface area contributed by atoms with Gasteiger partial charge in [-0.15, -0.1) is 0 Å². The molecule has 0 saturated heterocycles. The SMILES string of the molecule is O=C(NC[C@H](O)CO)Nc1ccc(F)cc1. The third-order valence-corrected chi connectivity index (χ3v) is 1.81. The van der Waals surface area contributed by atoms with Crippen LogP contribution in [0.1, 0.15) is 0 Å². The zero-order valence-electron chi connectivity index (χ0n) is 8.48. The van der Waals surface area contributed by atoms with Gasteiger partial charge >= 0.3 is 6.03 Å². The molecule has 1 aromatic rings. The van der Waals surface area contributed by atoms with Crippen molar-refractivity contribution < 1.29 is 19.4 Å². The summed E-state index contributed by atoms with van der Waals surface area (Å²) >= 11 is 0.